The third-order valence-corrected chi connectivity index (χ3v) is 3.62. The molecular weight excluding hydrogens is 284 g/mol. The van der Waals surface area contributed by atoms with Crippen LogP contribution in [-0.4, -0.2) is 13.1 Å². The Morgan fingerprint density at radius 3 is 2.73 bits per heavy atom. The van der Waals surface area contributed by atoms with E-state index in [2.05, 4.69) is 4.74 Å². The molecule has 2 aromatic heterocycles. The summed E-state index contributed by atoms with van der Waals surface area (Å²) in [5.41, 5.74) is 2.35. The molecule has 0 aliphatic carbocycles. The molecule has 5 nitrogen and oxygen atoms in total. The lowest BCUT2D eigenvalue weighted by Gasteiger charge is -2.01. The number of carbonyl (C=O) groups is 1. The molecule has 2 heterocycles. The molecule has 1 aromatic carbocycles. The van der Waals surface area contributed by atoms with Gasteiger partial charge in [-0.15, -0.1) is 0 Å². The quantitative estimate of drug-likeness (QED) is 0.412. The van der Waals surface area contributed by atoms with Crippen molar-refractivity contribution in [2.75, 3.05) is 7.11 Å². The van der Waals surface area contributed by atoms with Crippen LogP contribution in [0.3, 0.4) is 0 Å². The van der Waals surface area contributed by atoms with E-state index in [1.807, 2.05) is 26.0 Å². The van der Waals surface area contributed by atoms with E-state index in [1.54, 1.807) is 6.08 Å². The normalized spacial score (nSPS) is 11.6. The van der Waals surface area contributed by atoms with Crippen LogP contribution in [0.15, 0.2) is 37.9 Å². The van der Waals surface area contributed by atoms with Crippen LogP contribution in [-0.2, 0) is 9.53 Å². The molecule has 0 unspecified atom stereocenters. The number of hydrogen-bond donors (Lipinski definition) is 0. The third-order valence-electron chi connectivity index (χ3n) is 3.62. The average Bonchev–Trinajstić information content (AvgIpc) is 2.81. The summed E-state index contributed by atoms with van der Waals surface area (Å²) in [4.78, 5) is 22.9. The molecule has 0 aliphatic rings. The highest BCUT2D eigenvalue weighted by atomic mass is 16.5. The number of fused-ring (bicyclic) bond motifs is 3. The fourth-order valence-corrected chi connectivity index (χ4v) is 2.49. The van der Waals surface area contributed by atoms with E-state index in [-0.39, 0.29) is 0 Å². The first-order valence-electron chi connectivity index (χ1n) is 6.74. The van der Waals surface area contributed by atoms with Crippen molar-refractivity contribution in [1.29, 1.82) is 0 Å². The van der Waals surface area contributed by atoms with Crippen molar-refractivity contribution >= 4 is 34.0 Å². The van der Waals surface area contributed by atoms with Crippen LogP contribution in [0.4, 0.5) is 0 Å². The van der Waals surface area contributed by atoms with Gasteiger partial charge in [0.05, 0.1) is 12.5 Å². The zero-order valence-electron chi connectivity index (χ0n) is 12.4. The van der Waals surface area contributed by atoms with Crippen molar-refractivity contribution < 1.29 is 18.4 Å². The third kappa shape index (κ3) is 2.20. The van der Waals surface area contributed by atoms with E-state index < -0.39 is 11.6 Å². The number of esters is 1. The summed E-state index contributed by atoms with van der Waals surface area (Å²) in [5, 5.41) is 1.60. The number of hydrogen-bond acceptors (Lipinski definition) is 5. The van der Waals surface area contributed by atoms with Crippen LogP contribution >= 0.6 is 0 Å². The number of ether oxygens (including phenoxy) is 1. The Kier molecular flexibility index (Phi) is 3.33. The molecule has 3 rings (SSSR count). The van der Waals surface area contributed by atoms with Gasteiger partial charge in [-0.25, -0.2) is 9.59 Å². The van der Waals surface area contributed by atoms with Gasteiger partial charge >= 0.3 is 11.6 Å². The maximum Gasteiger partial charge on any atom is 0.336 e. The Balaban J connectivity index is 2.31. The van der Waals surface area contributed by atoms with E-state index >= 15 is 0 Å². The second-order valence-corrected chi connectivity index (χ2v) is 5.01. The van der Waals surface area contributed by atoms with Crippen LogP contribution in [0.25, 0.3) is 28.0 Å². The second-order valence-electron chi connectivity index (χ2n) is 5.01. The largest absolute Gasteiger partial charge is 0.466 e. The van der Waals surface area contributed by atoms with E-state index in [0.29, 0.717) is 16.9 Å². The molecule has 3 aromatic rings. The number of carbonyl (C=O) groups excluding carboxylic acids is 1. The van der Waals surface area contributed by atoms with Crippen LogP contribution in [0.5, 0.6) is 0 Å². The van der Waals surface area contributed by atoms with Crippen molar-refractivity contribution in [3.63, 3.8) is 0 Å². The first kappa shape index (κ1) is 14.1. The Morgan fingerprint density at radius 1 is 1.23 bits per heavy atom. The van der Waals surface area contributed by atoms with Gasteiger partial charge in [0.25, 0.3) is 0 Å². The molecule has 0 atom stereocenters. The van der Waals surface area contributed by atoms with E-state index in [4.69, 9.17) is 8.83 Å². The molecule has 0 spiro atoms. The van der Waals surface area contributed by atoms with Gasteiger partial charge in [-0.05, 0) is 37.6 Å². The zero-order valence-corrected chi connectivity index (χ0v) is 12.4. The smallest absolute Gasteiger partial charge is 0.336 e. The Labute approximate surface area is 125 Å². The highest BCUT2D eigenvalue weighted by molar-refractivity contribution is 6.06. The minimum Gasteiger partial charge on any atom is -0.466 e. The Bertz CT molecular complexity index is 972. The summed E-state index contributed by atoms with van der Waals surface area (Å²) < 4.78 is 15.7. The first-order valence-corrected chi connectivity index (χ1v) is 6.74. The summed E-state index contributed by atoms with van der Waals surface area (Å²) in [6.07, 6.45) is 2.83. The summed E-state index contributed by atoms with van der Waals surface area (Å²) in [7, 11) is 1.31. The Morgan fingerprint density at radius 2 is 2.00 bits per heavy atom. The highest BCUT2D eigenvalue weighted by Crippen LogP contribution is 2.33. The van der Waals surface area contributed by atoms with Gasteiger partial charge in [-0.1, -0.05) is 0 Å². The fourth-order valence-electron chi connectivity index (χ4n) is 2.49. The minimum atomic E-state index is -0.466. The van der Waals surface area contributed by atoms with Crippen molar-refractivity contribution in [3.05, 3.63) is 51.6 Å². The van der Waals surface area contributed by atoms with Crippen molar-refractivity contribution in [1.82, 2.24) is 0 Å². The number of rotatable bonds is 2. The van der Waals surface area contributed by atoms with Crippen LogP contribution < -0.4 is 5.63 Å². The van der Waals surface area contributed by atoms with E-state index in [9.17, 15) is 9.59 Å². The fraction of sp³-hybridized carbons (Fsp3) is 0.176. The van der Waals surface area contributed by atoms with E-state index in [0.717, 1.165) is 21.9 Å². The number of benzene rings is 1. The number of methoxy groups -OCH3 is 1. The van der Waals surface area contributed by atoms with Crippen LogP contribution in [0.2, 0.25) is 0 Å². The molecule has 0 bridgehead atoms. The first-order chi connectivity index (χ1) is 10.5. The SMILES string of the molecule is COC(=O)/C=C/c1oc2ccc3c(C)cc(=O)oc3c2c1C. The minimum absolute atomic E-state index is 0.398. The molecule has 22 heavy (non-hydrogen) atoms. The van der Waals surface area contributed by atoms with Crippen LogP contribution in [0.1, 0.15) is 16.9 Å². The van der Waals surface area contributed by atoms with Crippen molar-refractivity contribution in [2.45, 2.75) is 13.8 Å². The van der Waals surface area contributed by atoms with Gasteiger partial charge in [0.1, 0.15) is 16.9 Å². The van der Waals surface area contributed by atoms with Gasteiger partial charge in [-0.2, -0.15) is 0 Å². The topological polar surface area (TPSA) is 69.7 Å². The summed E-state index contributed by atoms with van der Waals surface area (Å²) >= 11 is 0. The summed E-state index contributed by atoms with van der Waals surface area (Å²) in [5.74, 6) is 0.0594. The lowest BCUT2D eigenvalue weighted by Crippen LogP contribution is -1.98. The standard InChI is InChI=1S/C17H14O5/c1-9-8-15(19)22-17-11(9)4-5-13-16(17)10(2)12(21-13)6-7-14(18)20-3/h4-8H,1-3H3/b7-6+. The van der Waals surface area contributed by atoms with Gasteiger partial charge in [-0.3, -0.25) is 0 Å². The maximum atomic E-state index is 11.6. The zero-order chi connectivity index (χ0) is 15.9. The molecule has 0 saturated heterocycles. The summed E-state index contributed by atoms with van der Waals surface area (Å²) in [6.45, 7) is 3.71. The molecule has 0 saturated carbocycles. The second kappa shape index (κ2) is 5.18. The molecule has 0 radical (unpaired) electrons. The monoisotopic (exact) mass is 298 g/mol. The molecular formula is C17H14O5. The van der Waals surface area contributed by atoms with Crippen molar-refractivity contribution in [3.8, 4) is 0 Å². The molecule has 0 amide bonds. The predicted octanol–water partition coefficient (Wildman–Crippen LogP) is 3.34. The molecule has 5 heteroatoms. The van der Waals surface area contributed by atoms with Gasteiger partial charge in [0.15, 0.2) is 0 Å². The predicted molar refractivity (Wildman–Crippen MR) is 82.8 cm³/mol. The molecule has 112 valence electrons. The lowest BCUT2D eigenvalue weighted by atomic mass is 10.1. The van der Waals surface area contributed by atoms with Crippen molar-refractivity contribution in [2.24, 2.45) is 0 Å². The van der Waals surface area contributed by atoms with Gasteiger partial charge < -0.3 is 13.6 Å². The maximum absolute atomic E-state index is 11.6. The number of aryl methyl sites for hydroxylation is 2. The van der Waals surface area contributed by atoms with Crippen LogP contribution in [0, 0.1) is 13.8 Å². The van der Waals surface area contributed by atoms with E-state index in [1.165, 1.54) is 19.3 Å². The molecule has 0 fully saturated rings. The highest BCUT2D eigenvalue weighted by Gasteiger charge is 2.15. The lowest BCUT2D eigenvalue weighted by molar-refractivity contribution is -0.134. The molecule has 0 N–H and O–H groups in total. The Hall–Kier alpha value is -2.82. The number of furan rings is 1. The average molecular weight is 298 g/mol. The summed E-state index contributed by atoms with van der Waals surface area (Å²) in [6, 6.07) is 5.14. The van der Waals surface area contributed by atoms with Gasteiger partial charge in [0.2, 0.25) is 0 Å². The van der Waals surface area contributed by atoms with Gasteiger partial charge in [0, 0.05) is 23.1 Å². The molecule has 0 aliphatic heterocycles.